The number of imide groups is 1. The fourth-order valence-corrected chi connectivity index (χ4v) is 4.14. The number of hydrogen-bond donors (Lipinski definition) is 1. The third-order valence-electron chi connectivity index (χ3n) is 5.37. The van der Waals surface area contributed by atoms with E-state index in [2.05, 4.69) is 5.32 Å². The summed E-state index contributed by atoms with van der Waals surface area (Å²) in [5.74, 6) is -1.51. The van der Waals surface area contributed by atoms with Gasteiger partial charge in [0, 0.05) is 19.6 Å². The largest absolute Gasteiger partial charge is 0.376 e. The second-order valence-electron chi connectivity index (χ2n) is 7.38. The lowest BCUT2D eigenvalue weighted by Gasteiger charge is -2.26. The Hall–Kier alpha value is -2.41. The van der Waals surface area contributed by atoms with E-state index in [4.69, 9.17) is 27.9 Å². The maximum absolute atomic E-state index is 13.1. The molecule has 2 aromatic carbocycles. The van der Waals surface area contributed by atoms with Crippen molar-refractivity contribution in [3.8, 4) is 0 Å². The number of benzene rings is 2. The molecule has 3 amide bonds. The molecule has 0 unspecified atom stereocenters. The minimum absolute atomic E-state index is 0.0499. The molecular weight excluding hydrogens is 427 g/mol. The molecule has 0 radical (unpaired) electrons. The van der Waals surface area contributed by atoms with Crippen molar-refractivity contribution >= 4 is 40.9 Å². The second kappa shape index (κ2) is 8.76. The summed E-state index contributed by atoms with van der Waals surface area (Å²) in [6.45, 7) is 1.01. The highest BCUT2D eigenvalue weighted by atomic mass is 35.5. The lowest BCUT2D eigenvalue weighted by atomic mass is 10.0. The van der Waals surface area contributed by atoms with Crippen LogP contribution in [0.15, 0.2) is 42.5 Å². The molecule has 156 valence electrons. The molecule has 0 aliphatic carbocycles. The van der Waals surface area contributed by atoms with E-state index < -0.39 is 23.8 Å². The van der Waals surface area contributed by atoms with Crippen LogP contribution < -0.4 is 5.32 Å². The number of nitrogens with zero attached hydrogens (tertiary/aromatic N) is 1. The molecule has 8 heteroatoms. The standard InChI is InChI=1S/C22H20Cl2N2O4/c23-17-10-15-16(11-18(17)24)22(29)26(21(15)28)19(9-13-5-2-1-3-6-13)20(27)25-12-14-7-4-8-30-14/h1-3,5-6,10-11,14,19H,4,7-9,12H2,(H,25,27)/t14-,19-/m0/s1. The fraction of sp³-hybridized carbons (Fsp3) is 0.318. The highest BCUT2D eigenvalue weighted by Crippen LogP contribution is 2.33. The summed E-state index contributed by atoms with van der Waals surface area (Å²) in [4.78, 5) is 40.2. The van der Waals surface area contributed by atoms with Gasteiger partial charge in [-0.3, -0.25) is 19.3 Å². The smallest absolute Gasteiger partial charge is 0.262 e. The molecular formula is C22H20Cl2N2O4. The van der Waals surface area contributed by atoms with Crippen molar-refractivity contribution in [2.75, 3.05) is 13.2 Å². The first-order chi connectivity index (χ1) is 14.5. The van der Waals surface area contributed by atoms with E-state index in [1.807, 2.05) is 30.3 Å². The summed E-state index contributed by atoms with van der Waals surface area (Å²) < 4.78 is 5.55. The Kier molecular flexibility index (Phi) is 6.09. The number of hydrogen-bond acceptors (Lipinski definition) is 4. The van der Waals surface area contributed by atoms with Gasteiger partial charge in [-0.05, 0) is 30.5 Å². The molecule has 30 heavy (non-hydrogen) atoms. The van der Waals surface area contributed by atoms with Gasteiger partial charge in [-0.2, -0.15) is 0 Å². The zero-order chi connectivity index (χ0) is 21.3. The fourth-order valence-electron chi connectivity index (χ4n) is 3.81. The monoisotopic (exact) mass is 446 g/mol. The van der Waals surface area contributed by atoms with E-state index in [0.717, 1.165) is 23.3 Å². The van der Waals surface area contributed by atoms with Gasteiger partial charge in [0.25, 0.3) is 11.8 Å². The van der Waals surface area contributed by atoms with E-state index in [0.29, 0.717) is 13.2 Å². The Morgan fingerprint density at radius 3 is 2.30 bits per heavy atom. The molecule has 1 N–H and O–H groups in total. The summed E-state index contributed by atoms with van der Waals surface area (Å²) >= 11 is 12.1. The van der Waals surface area contributed by atoms with Crippen molar-refractivity contribution in [3.05, 3.63) is 69.2 Å². The van der Waals surface area contributed by atoms with Crippen LogP contribution in [0.3, 0.4) is 0 Å². The molecule has 2 aliphatic rings. The average Bonchev–Trinajstić information content (AvgIpc) is 3.34. The van der Waals surface area contributed by atoms with Gasteiger partial charge >= 0.3 is 0 Å². The Balaban J connectivity index is 1.62. The van der Waals surface area contributed by atoms with Crippen molar-refractivity contribution < 1.29 is 19.1 Å². The van der Waals surface area contributed by atoms with Crippen molar-refractivity contribution in [1.82, 2.24) is 10.2 Å². The summed E-state index contributed by atoms with van der Waals surface area (Å²) in [6, 6.07) is 11.0. The topological polar surface area (TPSA) is 75.7 Å². The van der Waals surface area contributed by atoms with Gasteiger partial charge in [0.15, 0.2) is 0 Å². The first kappa shape index (κ1) is 20.8. The quantitative estimate of drug-likeness (QED) is 0.688. The lowest BCUT2D eigenvalue weighted by molar-refractivity contribution is -0.125. The normalized spacial score (nSPS) is 19.1. The van der Waals surface area contributed by atoms with E-state index in [1.54, 1.807) is 0 Å². The van der Waals surface area contributed by atoms with Crippen molar-refractivity contribution in [3.63, 3.8) is 0 Å². The summed E-state index contributed by atoms with van der Waals surface area (Å²) in [6.07, 6.45) is 1.97. The van der Waals surface area contributed by atoms with Gasteiger partial charge in [0.1, 0.15) is 6.04 Å². The van der Waals surface area contributed by atoms with Gasteiger partial charge in [-0.1, -0.05) is 53.5 Å². The molecule has 0 aromatic heterocycles. The van der Waals surface area contributed by atoms with E-state index in [-0.39, 0.29) is 33.7 Å². The van der Waals surface area contributed by atoms with Crippen LogP contribution in [-0.2, 0) is 16.0 Å². The highest BCUT2D eigenvalue weighted by Gasteiger charge is 2.43. The van der Waals surface area contributed by atoms with Crippen LogP contribution in [0.1, 0.15) is 39.1 Å². The second-order valence-corrected chi connectivity index (χ2v) is 8.19. The Bertz CT molecular complexity index is 949. The highest BCUT2D eigenvalue weighted by molar-refractivity contribution is 6.43. The third kappa shape index (κ3) is 4.08. The minimum Gasteiger partial charge on any atom is -0.376 e. The van der Waals surface area contributed by atoms with Crippen LogP contribution in [-0.4, -0.2) is 47.9 Å². The van der Waals surface area contributed by atoms with E-state index in [9.17, 15) is 14.4 Å². The van der Waals surface area contributed by atoms with Gasteiger partial charge in [-0.15, -0.1) is 0 Å². The SMILES string of the molecule is O=C(NC[C@@H]1CCCO1)[C@H](Cc1ccccc1)N1C(=O)c2cc(Cl)c(Cl)cc2C1=O. The van der Waals surface area contributed by atoms with Crippen LogP contribution in [0.5, 0.6) is 0 Å². The van der Waals surface area contributed by atoms with Gasteiger partial charge < -0.3 is 10.1 Å². The van der Waals surface area contributed by atoms with Crippen LogP contribution in [0.25, 0.3) is 0 Å². The molecule has 1 fully saturated rings. The van der Waals surface area contributed by atoms with Crippen LogP contribution in [0, 0.1) is 0 Å². The first-order valence-electron chi connectivity index (χ1n) is 9.76. The number of ether oxygens (including phenoxy) is 1. The lowest BCUT2D eigenvalue weighted by Crippen LogP contribution is -2.51. The maximum Gasteiger partial charge on any atom is 0.262 e. The molecule has 2 atom stereocenters. The number of nitrogens with one attached hydrogen (secondary N) is 1. The molecule has 2 heterocycles. The molecule has 6 nitrogen and oxygen atoms in total. The van der Waals surface area contributed by atoms with Crippen molar-refractivity contribution in [1.29, 1.82) is 0 Å². The van der Waals surface area contributed by atoms with E-state index in [1.165, 1.54) is 12.1 Å². The molecule has 4 rings (SSSR count). The molecule has 1 saturated heterocycles. The number of fused-ring (bicyclic) bond motifs is 1. The average molecular weight is 447 g/mol. The van der Waals surface area contributed by atoms with Crippen LogP contribution in [0.4, 0.5) is 0 Å². The van der Waals surface area contributed by atoms with Gasteiger partial charge in [0.2, 0.25) is 5.91 Å². The Morgan fingerprint density at radius 2 is 1.73 bits per heavy atom. The zero-order valence-electron chi connectivity index (χ0n) is 16.1. The first-order valence-corrected chi connectivity index (χ1v) is 10.5. The van der Waals surface area contributed by atoms with Crippen molar-refractivity contribution in [2.24, 2.45) is 0 Å². The molecule has 2 aliphatic heterocycles. The summed E-state index contributed by atoms with van der Waals surface area (Å²) in [7, 11) is 0. The minimum atomic E-state index is -1.00. The predicted octanol–water partition coefficient (Wildman–Crippen LogP) is 3.50. The Morgan fingerprint density at radius 1 is 1.10 bits per heavy atom. The predicted molar refractivity (Wildman–Crippen MR) is 113 cm³/mol. The number of rotatable bonds is 6. The number of carbonyl (C=O) groups excluding carboxylic acids is 3. The molecule has 2 aromatic rings. The molecule has 0 saturated carbocycles. The summed E-state index contributed by atoms with van der Waals surface area (Å²) in [5, 5.41) is 3.21. The number of amides is 3. The third-order valence-corrected chi connectivity index (χ3v) is 6.10. The Labute approximate surface area is 184 Å². The van der Waals surface area contributed by atoms with Gasteiger partial charge in [0.05, 0.1) is 27.3 Å². The maximum atomic E-state index is 13.1. The van der Waals surface area contributed by atoms with Crippen LogP contribution >= 0.6 is 23.2 Å². The van der Waals surface area contributed by atoms with Crippen LogP contribution in [0.2, 0.25) is 10.0 Å². The molecule has 0 spiro atoms. The van der Waals surface area contributed by atoms with Gasteiger partial charge in [-0.25, -0.2) is 0 Å². The zero-order valence-corrected chi connectivity index (χ0v) is 17.6. The van der Waals surface area contributed by atoms with E-state index >= 15 is 0 Å². The molecule has 0 bridgehead atoms. The number of halogens is 2. The van der Waals surface area contributed by atoms with Crippen molar-refractivity contribution in [2.45, 2.75) is 31.4 Å². The number of carbonyl (C=O) groups is 3. The summed E-state index contributed by atoms with van der Waals surface area (Å²) in [5.41, 5.74) is 1.14.